The first-order chi connectivity index (χ1) is 20.1. The second kappa shape index (κ2) is 10.4. The molecular weight excluding hydrogens is 576 g/mol. The maximum atomic E-state index is 12.6. The van der Waals surface area contributed by atoms with Crippen LogP contribution in [-0.2, 0) is 4.79 Å². The van der Waals surface area contributed by atoms with Crippen LogP contribution in [0.25, 0.3) is 44.1 Å². The second-order valence-corrected chi connectivity index (χ2v) is 10.4. The van der Waals surface area contributed by atoms with Crippen molar-refractivity contribution in [1.29, 1.82) is 0 Å². The number of fused-ring (bicyclic) bond motifs is 3. The Kier molecular flexibility index (Phi) is 6.34. The number of rotatable bonds is 5. The molecule has 1 aliphatic carbocycles. The molecule has 1 aromatic heterocycles. The minimum atomic E-state index is -0.134. The van der Waals surface area contributed by atoms with Gasteiger partial charge in [-0.15, -0.1) is 0 Å². The normalized spacial score (nSPS) is 14.5. The van der Waals surface area contributed by atoms with Crippen LogP contribution in [0.2, 0.25) is 0 Å². The number of hydrazone groups is 1. The van der Waals surface area contributed by atoms with Crippen LogP contribution in [0.5, 0.6) is 0 Å². The van der Waals surface area contributed by atoms with Crippen molar-refractivity contribution in [1.82, 2.24) is 4.98 Å². The Balaban J connectivity index is 1.15. The molecule has 0 aliphatic heterocycles. The minimum absolute atomic E-state index is 0.134. The van der Waals surface area contributed by atoms with Crippen molar-refractivity contribution < 1.29 is 9.21 Å². The topological polar surface area (TPSA) is 79.9 Å². The van der Waals surface area contributed by atoms with Gasteiger partial charge in [0.2, 0.25) is 5.89 Å². The van der Waals surface area contributed by atoms with E-state index in [-0.39, 0.29) is 5.78 Å². The van der Waals surface area contributed by atoms with Crippen LogP contribution in [0.15, 0.2) is 140 Å². The van der Waals surface area contributed by atoms with Gasteiger partial charge in [-0.05, 0) is 70.8 Å². The third kappa shape index (κ3) is 4.88. The van der Waals surface area contributed by atoms with Gasteiger partial charge in [0.1, 0.15) is 5.52 Å². The average molecular weight is 597 g/mol. The number of aromatic nitrogens is 1. The highest BCUT2D eigenvalue weighted by atomic mass is 79.9. The largest absolute Gasteiger partial charge is 0.436 e. The van der Waals surface area contributed by atoms with E-state index >= 15 is 0 Å². The molecule has 0 unspecified atom stereocenters. The quantitative estimate of drug-likeness (QED) is 0.122. The molecule has 196 valence electrons. The molecule has 5 aromatic carbocycles. The lowest BCUT2D eigenvalue weighted by Crippen LogP contribution is -2.10. The molecule has 0 saturated carbocycles. The third-order valence-electron chi connectivity index (χ3n) is 6.91. The summed E-state index contributed by atoms with van der Waals surface area (Å²) in [5, 5.41) is 8.84. The van der Waals surface area contributed by atoms with Gasteiger partial charge in [0.15, 0.2) is 11.4 Å². The van der Waals surface area contributed by atoms with Crippen molar-refractivity contribution in [3.63, 3.8) is 0 Å². The Morgan fingerprint density at radius 1 is 0.829 bits per heavy atom. The van der Waals surface area contributed by atoms with Gasteiger partial charge in [-0.2, -0.15) is 5.10 Å². The molecule has 0 spiro atoms. The number of carbonyl (C=O) groups is 1. The zero-order chi connectivity index (χ0) is 27.8. The van der Waals surface area contributed by atoms with Crippen LogP contribution in [0.4, 0.5) is 11.4 Å². The fraction of sp³-hybridized carbons (Fsp3) is 0. The Hall–Kier alpha value is -5.14. The smallest absolute Gasteiger partial charge is 0.227 e. The molecular formula is C34H21BrN4O2. The predicted octanol–water partition coefficient (Wildman–Crippen LogP) is 8.80. The van der Waals surface area contributed by atoms with Gasteiger partial charge in [-0.25, -0.2) is 4.98 Å². The molecule has 1 N–H and O–H groups in total. The van der Waals surface area contributed by atoms with E-state index in [1.165, 1.54) is 6.08 Å². The van der Waals surface area contributed by atoms with E-state index in [1.54, 1.807) is 18.4 Å². The molecule has 0 atom stereocenters. The number of oxazole rings is 1. The van der Waals surface area contributed by atoms with Gasteiger partial charge in [0.05, 0.1) is 17.1 Å². The van der Waals surface area contributed by atoms with Gasteiger partial charge in [-0.1, -0.05) is 76.6 Å². The van der Waals surface area contributed by atoms with Crippen molar-refractivity contribution in [2.75, 3.05) is 5.43 Å². The number of nitrogens with zero attached hydrogens (tertiary/aromatic N) is 3. The minimum Gasteiger partial charge on any atom is -0.436 e. The standard InChI is InChI=1S/C34H21BrN4O2/c35-29-12-5-9-26-27(29)10-4-11-28(26)34-37-31-19-23(15-17-33(31)41-34)36-20-22-18-24(14-16-32(22)40)38-39-30-13-3-7-21-6-1-2-8-25(21)30/h1-20,39H/b36-20?,38-24+. The molecule has 6 aromatic rings. The first-order valence-electron chi connectivity index (χ1n) is 13.0. The molecule has 0 radical (unpaired) electrons. The molecule has 6 nitrogen and oxygen atoms in total. The molecule has 1 aliphatic rings. The Labute approximate surface area is 243 Å². The highest BCUT2D eigenvalue weighted by Gasteiger charge is 2.14. The number of hydrogen-bond acceptors (Lipinski definition) is 6. The van der Waals surface area contributed by atoms with Crippen molar-refractivity contribution in [2.24, 2.45) is 10.1 Å². The number of halogens is 1. The molecule has 1 heterocycles. The molecule has 0 bridgehead atoms. The molecule has 0 fully saturated rings. The zero-order valence-electron chi connectivity index (χ0n) is 21.6. The maximum Gasteiger partial charge on any atom is 0.227 e. The highest BCUT2D eigenvalue weighted by Crippen LogP contribution is 2.34. The molecule has 41 heavy (non-hydrogen) atoms. The number of allylic oxidation sites excluding steroid dienone is 4. The van der Waals surface area contributed by atoms with Gasteiger partial charge in [-0.3, -0.25) is 15.2 Å². The molecule has 0 amide bonds. The van der Waals surface area contributed by atoms with Crippen LogP contribution in [-0.4, -0.2) is 22.7 Å². The number of ketones is 1. The monoisotopic (exact) mass is 596 g/mol. The lowest BCUT2D eigenvalue weighted by Gasteiger charge is -2.08. The summed E-state index contributed by atoms with van der Waals surface area (Å²) in [6.07, 6.45) is 6.46. The van der Waals surface area contributed by atoms with E-state index in [1.807, 2.05) is 72.8 Å². The Morgan fingerprint density at radius 2 is 1.63 bits per heavy atom. The third-order valence-corrected chi connectivity index (χ3v) is 7.60. The summed E-state index contributed by atoms with van der Waals surface area (Å²) in [5.74, 6) is 0.407. The van der Waals surface area contributed by atoms with Crippen molar-refractivity contribution in [2.45, 2.75) is 0 Å². The Morgan fingerprint density at radius 3 is 2.59 bits per heavy atom. The zero-order valence-corrected chi connectivity index (χ0v) is 23.2. The maximum absolute atomic E-state index is 12.6. The second-order valence-electron chi connectivity index (χ2n) is 9.54. The van der Waals surface area contributed by atoms with Crippen molar-refractivity contribution in [3.05, 3.63) is 125 Å². The van der Waals surface area contributed by atoms with Crippen molar-refractivity contribution >= 4 is 77.7 Å². The van der Waals surface area contributed by atoms with E-state index in [4.69, 9.17) is 9.40 Å². The molecule has 7 rings (SSSR count). The van der Waals surface area contributed by atoms with Gasteiger partial charge >= 0.3 is 0 Å². The SMILES string of the molecule is O=C1C=C/C(=N\Nc2cccc3ccccc23)C=C1C=Nc1ccc2oc(-c3cccc4c(Br)cccc34)nc2c1. The van der Waals surface area contributed by atoms with E-state index in [0.717, 1.165) is 37.3 Å². The number of carbonyl (C=O) groups excluding carboxylic acids is 1. The first kappa shape index (κ1) is 24.9. The summed E-state index contributed by atoms with van der Waals surface area (Å²) < 4.78 is 7.11. The van der Waals surface area contributed by atoms with Crippen LogP contribution in [0, 0.1) is 0 Å². The predicted molar refractivity (Wildman–Crippen MR) is 170 cm³/mol. The molecule has 0 saturated heterocycles. The van der Waals surface area contributed by atoms with Gasteiger partial charge < -0.3 is 4.42 Å². The van der Waals surface area contributed by atoms with Crippen LogP contribution in [0.3, 0.4) is 0 Å². The van der Waals surface area contributed by atoms with E-state index in [9.17, 15) is 4.79 Å². The van der Waals surface area contributed by atoms with E-state index in [0.29, 0.717) is 34.0 Å². The number of anilines is 1. The first-order valence-corrected chi connectivity index (χ1v) is 13.8. The fourth-order valence-corrected chi connectivity index (χ4v) is 5.37. The summed E-state index contributed by atoms with van der Waals surface area (Å²) in [6.45, 7) is 0. The highest BCUT2D eigenvalue weighted by molar-refractivity contribution is 9.10. The lowest BCUT2D eigenvalue weighted by atomic mass is 10.0. The van der Waals surface area contributed by atoms with Crippen LogP contribution in [0.1, 0.15) is 0 Å². The number of hydrogen-bond donors (Lipinski definition) is 1. The summed E-state index contributed by atoms with van der Waals surface area (Å²) in [4.78, 5) is 21.9. The van der Waals surface area contributed by atoms with Crippen molar-refractivity contribution in [3.8, 4) is 11.5 Å². The summed E-state index contributed by atoms with van der Waals surface area (Å²) in [5.41, 5.74) is 8.01. The lowest BCUT2D eigenvalue weighted by molar-refractivity contribution is -0.110. The van der Waals surface area contributed by atoms with E-state index in [2.05, 4.69) is 55.7 Å². The van der Waals surface area contributed by atoms with Crippen LogP contribution < -0.4 is 5.43 Å². The summed E-state index contributed by atoms with van der Waals surface area (Å²) in [6, 6.07) is 31.8. The number of benzene rings is 5. The Bertz CT molecular complexity index is 2120. The van der Waals surface area contributed by atoms with Gasteiger partial charge in [0.25, 0.3) is 0 Å². The van der Waals surface area contributed by atoms with Gasteiger partial charge in [0, 0.05) is 27.2 Å². The number of nitrogens with one attached hydrogen (secondary N) is 1. The van der Waals surface area contributed by atoms with Crippen LogP contribution >= 0.6 is 15.9 Å². The summed E-state index contributed by atoms with van der Waals surface area (Å²) in [7, 11) is 0. The molecule has 7 heteroatoms. The average Bonchev–Trinajstić information content (AvgIpc) is 3.43. The van der Waals surface area contributed by atoms with E-state index < -0.39 is 0 Å². The number of aliphatic imine (C=N–C) groups is 1. The fourth-order valence-electron chi connectivity index (χ4n) is 4.87. The summed E-state index contributed by atoms with van der Waals surface area (Å²) >= 11 is 3.62.